The number of carbonyl (C=O) groups excluding carboxylic acids is 1. The molecule has 5 heteroatoms. The van der Waals surface area contributed by atoms with E-state index < -0.39 is 0 Å². The third kappa shape index (κ3) is 4.38. The Bertz CT molecular complexity index is 784. The van der Waals surface area contributed by atoms with Crippen LogP contribution >= 0.6 is 0 Å². The monoisotopic (exact) mass is 337 g/mol. The highest BCUT2D eigenvalue weighted by Gasteiger charge is 2.31. The smallest absolute Gasteiger partial charge is 0.244 e. The molecular weight excluding hydrogens is 317 g/mol. The molecule has 0 bridgehead atoms. The Morgan fingerprint density at radius 1 is 1.24 bits per heavy atom. The standard InChI is InChI=1S/C20H20FN3O/c1-14-2-7-18(19(12-14)16-3-5-17(21)6-4-16)20(25)24-23-13-15-8-10-22-11-9-15/h2-6,8-11,13,18-19H,7,12H2,1H3,(H,24,25). The van der Waals surface area contributed by atoms with Crippen molar-refractivity contribution in [2.75, 3.05) is 0 Å². The first kappa shape index (κ1) is 17.0. The maximum Gasteiger partial charge on any atom is 0.244 e. The summed E-state index contributed by atoms with van der Waals surface area (Å²) in [5.74, 6) is -0.580. The van der Waals surface area contributed by atoms with Crippen LogP contribution in [0.1, 0.15) is 36.8 Å². The molecule has 4 nitrogen and oxygen atoms in total. The quantitative estimate of drug-likeness (QED) is 0.524. The Labute approximate surface area is 146 Å². The molecule has 1 amide bonds. The summed E-state index contributed by atoms with van der Waals surface area (Å²) in [5, 5.41) is 4.04. The van der Waals surface area contributed by atoms with Crippen molar-refractivity contribution in [3.05, 3.63) is 77.4 Å². The second kappa shape index (κ2) is 7.83. The van der Waals surface area contributed by atoms with Gasteiger partial charge >= 0.3 is 0 Å². The second-order valence-corrected chi connectivity index (χ2v) is 6.27. The number of amides is 1. The average Bonchev–Trinajstić information content (AvgIpc) is 2.63. The number of nitrogens with zero attached hydrogens (tertiary/aromatic N) is 2. The molecule has 0 aliphatic heterocycles. The van der Waals surface area contributed by atoms with E-state index in [0.29, 0.717) is 6.42 Å². The zero-order chi connectivity index (χ0) is 17.6. The van der Waals surface area contributed by atoms with Gasteiger partial charge in [-0.1, -0.05) is 23.8 Å². The van der Waals surface area contributed by atoms with Gasteiger partial charge in [-0.25, -0.2) is 9.82 Å². The molecule has 1 aliphatic carbocycles. The normalized spacial score (nSPS) is 20.3. The van der Waals surface area contributed by atoms with Crippen LogP contribution in [0.25, 0.3) is 0 Å². The van der Waals surface area contributed by atoms with Gasteiger partial charge in [0.2, 0.25) is 5.91 Å². The molecule has 2 aromatic rings. The number of carbonyl (C=O) groups is 1. The van der Waals surface area contributed by atoms with E-state index in [-0.39, 0.29) is 23.6 Å². The van der Waals surface area contributed by atoms with Crippen LogP contribution in [0.4, 0.5) is 4.39 Å². The van der Waals surface area contributed by atoms with Crippen LogP contribution in [0.3, 0.4) is 0 Å². The third-order valence-corrected chi connectivity index (χ3v) is 4.48. The number of hydrazone groups is 1. The van der Waals surface area contributed by atoms with Gasteiger partial charge in [0, 0.05) is 12.4 Å². The van der Waals surface area contributed by atoms with E-state index in [9.17, 15) is 9.18 Å². The molecule has 0 saturated heterocycles. The number of rotatable bonds is 4. The fourth-order valence-corrected chi connectivity index (χ4v) is 3.12. The maximum atomic E-state index is 13.2. The molecule has 2 atom stereocenters. The number of halogens is 1. The fourth-order valence-electron chi connectivity index (χ4n) is 3.12. The number of benzene rings is 1. The van der Waals surface area contributed by atoms with Crippen molar-refractivity contribution in [3.8, 4) is 0 Å². The predicted molar refractivity (Wildman–Crippen MR) is 95.6 cm³/mol. The van der Waals surface area contributed by atoms with Gasteiger partial charge in [0.15, 0.2) is 0 Å². The Kier molecular flexibility index (Phi) is 5.33. The molecule has 3 rings (SSSR count). The lowest BCUT2D eigenvalue weighted by Gasteiger charge is -2.29. The van der Waals surface area contributed by atoms with Crippen LogP contribution in [0.5, 0.6) is 0 Å². The van der Waals surface area contributed by atoms with Crippen LogP contribution in [0.2, 0.25) is 0 Å². The summed E-state index contributed by atoms with van der Waals surface area (Å²) in [7, 11) is 0. The lowest BCUT2D eigenvalue weighted by Crippen LogP contribution is -2.33. The Morgan fingerprint density at radius 3 is 2.68 bits per heavy atom. The van der Waals surface area contributed by atoms with Crippen molar-refractivity contribution < 1.29 is 9.18 Å². The summed E-state index contributed by atoms with van der Waals surface area (Å²) >= 11 is 0. The molecule has 0 radical (unpaired) electrons. The van der Waals surface area contributed by atoms with Crippen molar-refractivity contribution in [1.29, 1.82) is 0 Å². The van der Waals surface area contributed by atoms with Crippen LogP contribution < -0.4 is 5.43 Å². The molecule has 1 heterocycles. The first-order valence-electron chi connectivity index (χ1n) is 8.27. The van der Waals surface area contributed by atoms with Crippen molar-refractivity contribution in [1.82, 2.24) is 10.4 Å². The second-order valence-electron chi connectivity index (χ2n) is 6.27. The number of pyridine rings is 1. The van der Waals surface area contributed by atoms with E-state index in [0.717, 1.165) is 17.5 Å². The number of hydrogen-bond donors (Lipinski definition) is 1. The zero-order valence-electron chi connectivity index (χ0n) is 14.0. The van der Waals surface area contributed by atoms with Gasteiger partial charge in [0.1, 0.15) is 5.82 Å². The van der Waals surface area contributed by atoms with Gasteiger partial charge < -0.3 is 0 Å². The fraction of sp³-hybridized carbons (Fsp3) is 0.250. The van der Waals surface area contributed by atoms with Gasteiger partial charge in [-0.05, 0) is 61.1 Å². The van der Waals surface area contributed by atoms with Crippen molar-refractivity contribution >= 4 is 12.1 Å². The average molecular weight is 337 g/mol. The Balaban J connectivity index is 1.72. The number of allylic oxidation sites excluding steroid dienone is 2. The summed E-state index contributed by atoms with van der Waals surface area (Å²) in [4.78, 5) is 16.5. The topological polar surface area (TPSA) is 54.4 Å². The van der Waals surface area contributed by atoms with E-state index in [1.54, 1.807) is 30.7 Å². The molecule has 2 unspecified atom stereocenters. The molecule has 1 aromatic carbocycles. The van der Waals surface area contributed by atoms with E-state index in [2.05, 4.69) is 28.5 Å². The van der Waals surface area contributed by atoms with Crippen LogP contribution in [-0.4, -0.2) is 17.1 Å². The molecule has 1 aromatic heterocycles. The highest BCUT2D eigenvalue weighted by Crippen LogP contribution is 2.37. The van der Waals surface area contributed by atoms with Crippen LogP contribution in [0.15, 0.2) is 65.5 Å². The Morgan fingerprint density at radius 2 is 1.96 bits per heavy atom. The van der Waals surface area contributed by atoms with Gasteiger partial charge in [-0.2, -0.15) is 5.10 Å². The largest absolute Gasteiger partial charge is 0.273 e. The van der Waals surface area contributed by atoms with Gasteiger partial charge in [-0.3, -0.25) is 9.78 Å². The van der Waals surface area contributed by atoms with E-state index in [1.807, 2.05) is 12.1 Å². The summed E-state index contributed by atoms with van der Waals surface area (Å²) in [5.41, 5.74) is 5.73. The minimum absolute atomic E-state index is 0.0294. The molecular formula is C20H20FN3O. The molecule has 1 aliphatic rings. The third-order valence-electron chi connectivity index (χ3n) is 4.48. The maximum absolute atomic E-state index is 13.2. The van der Waals surface area contributed by atoms with Crippen molar-refractivity contribution in [3.63, 3.8) is 0 Å². The first-order valence-corrected chi connectivity index (χ1v) is 8.27. The number of aromatic nitrogens is 1. The van der Waals surface area contributed by atoms with Crippen LogP contribution in [0, 0.1) is 11.7 Å². The van der Waals surface area contributed by atoms with Crippen molar-refractivity contribution in [2.24, 2.45) is 11.0 Å². The van der Waals surface area contributed by atoms with E-state index in [4.69, 9.17) is 0 Å². The molecule has 25 heavy (non-hydrogen) atoms. The molecule has 0 spiro atoms. The molecule has 0 saturated carbocycles. The lowest BCUT2D eigenvalue weighted by atomic mass is 9.75. The van der Waals surface area contributed by atoms with E-state index in [1.165, 1.54) is 17.7 Å². The number of nitrogens with one attached hydrogen (secondary N) is 1. The van der Waals surface area contributed by atoms with Gasteiger partial charge in [-0.15, -0.1) is 0 Å². The summed E-state index contributed by atoms with van der Waals surface area (Å²) in [6, 6.07) is 10.0. The zero-order valence-corrected chi connectivity index (χ0v) is 14.0. The SMILES string of the molecule is CC1=CCC(C(=O)NN=Cc2ccncc2)C(c2ccc(F)cc2)C1. The summed E-state index contributed by atoms with van der Waals surface area (Å²) < 4.78 is 13.2. The molecule has 128 valence electrons. The summed E-state index contributed by atoms with van der Waals surface area (Å²) in [6.45, 7) is 2.06. The summed E-state index contributed by atoms with van der Waals surface area (Å²) in [6.07, 6.45) is 8.47. The lowest BCUT2D eigenvalue weighted by molar-refractivity contribution is -0.125. The number of hydrogen-bond acceptors (Lipinski definition) is 3. The minimum atomic E-state index is -0.269. The van der Waals surface area contributed by atoms with E-state index >= 15 is 0 Å². The molecule has 0 fully saturated rings. The van der Waals surface area contributed by atoms with Gasteiger partial charge in [0.05, 0.1) is 12.1 Å². The minimum Gasteiger partial charge on any atom is -0.273 e. The van der Waals surface area contributed by atoms with Gasteiger partial charge in [0.25, 0.3) is 0 Å². The Hall–Kier alpha value is -2.82. The van der Waals surface area contributed by atoms with Crippen molar-refractivity contribution in [2.45, 2.75) is 25.7 Å². The predicted octanol–water partition coefficient (Wildman–Crippen LogP) is 3.81. The first-order chi connectivity index (χ1) is 12.1. The highest BCUT2D eigenvalue weighted by atomic mass is 19.1. The molecule has 1 N–H and O–H groups in total. The highest BCUT2D eigenvalue weighted by molar-refractivity contribution is 5.84. The van der Waals surface area contributed by atoms with Crippen LogP contribution in [-0.2, 0) is 4.79 Å².